The Morgan fingerprint density at radius 3 is 2.55 bits per heavy atom. The van der Waals surface area contributed by atoms with E-state index >= 15 is 0 Å². The summed E-state index contributed by atoms with van der Waals surface area (Å²) in [5.74, 6) is 1.36. The van der Waals surface area contributed by atoms with Gasteiger partial charge in [0.25, 0.3) is 0 Å². The number of hydrogen-bond acceptors (Lipinski definition) is 5. The summed E-state index contributed by atoms with van der Waals surface area (Å²) in [4.78, 5) is 17.5. The molecule has 0 aromatic heterocycles. The van der Waals surface area contributed by atoms with E-state index in [-0.39, 0.29) is 17.6 Å². The van der Waals surface area contributed by atoms with Crippen LogP contribution < -0.4 is 15.4 Å². The fourth-order valence-corrected chi connectivity index (χ4v) is 4.79. The predicted molar refractivity (Wildman–Crippen MR) is 127 cm³/mol. The number of nitrogens with one attached hydrogen (secondary N) is 2. The van der Waals surface area contributed by atoms with Crippen molar-refractivity contribution in [1.29, 1.82) is 0 Å². The van der Waals surface area contributed by atoms with Crippen molar-refractivity contribution >= 4 is 28.9 Å². The van der Waals surface area contributed by atoms with Crippen LogP contribution >= 0.6 is 12.2 Å². The molecule has 0 bridgehead atoms. The Kier molecular flexibility index (Phi) is 8.13. The normalized spacial score (nSPS) is 21.4. The van der Waals surface area contributed by atoms with E-state index < -0.39 is 0 Å². The van der Waals surface area contributed by atoms with Crippen molar-refractivity contribution in [3.8, 4) is 5.75 Å². The Bertz CT molecular complexity index is 750. The average Bonchev–Trinajstić information content (AvgIpc) is 3.05. The summed E-state index contributed by atoms with van der Waals surface area (Å²) >= 11 is 5.67. The van der Waals surface area contributed by atoms with Crippen molar-refractivity contribution in [2.45, 2.75) is 51.2 Å². The molecular weight excluding hydrogens is 412 g/mol. The molecule has 3 rings (SSSR count). The van der Waals surface area contributed by atoms with E-state index in [4.69, 9.17) is 21.7 Å². The molecule has 2 unspecified atom stereocenters. The largest absolute Gasteiger partial charge is 0.497 e. The van der Waals surface area contributed by atoms with Crippen molar-refractivity contribution in [2.24, 2.45) is 5.92 Å². The van der Waals surface area contributed by atoms with Crippen molar-refractivity contribution in [3.63, 3.8) is 0 Å². The van der Waals surface area contributed by atoms with Crippen molar-refractivity contribution in [1.82, 2.24) is 15.1 Å². The van der Waals surface area contributed by atoms with Gasteiger partial charge < -0.3 is 24.6 Å². The average molecular weight is 449 g/mol. The Hall–Kier alpha value is -1.90. The highest BCUT2D eigenvalue weighted by Crippen LogP contribution is 2.35. The van der Waals surface area contributed by atoms with Crippen LogP contribution in [-0.4, -0.2) is 73.0 Å². The van der Waals surface area contributed by atoms with Gasteiger partial charge in [0.2, 0.25) is 5.91 Å². The van der Waals surface area contributed by atoms with Crippen molar-refractivity contribution in [2.75, 3.05) is 45.8 Å². The zero-order valence-electron chi connectivity index (χ0n) is 19.1. The molecule has 0 saturated carbocycles. The van der Waals surface area contributed by atoms with E-state index in [1.165, 1.54) is 0 Å². The van der Waals surface area contributed by atoms with E-state index in [0.29, 0.717) is 17.6 Å². The number of amides is 1. The van der Waals surface area contributed by atoms with Crippen LogP contribution in [0, 0.1) is 5.92 Å². The lowest BCUT2D eigenvalue weighted by molar-refractivity contribution is -0.134. The van der Waals surface area contributed by atoms with Crippen LogP contribution in [0.1, 0.15) is 39.5 Å². The lowest BCUT2D eigenvalue weighted by Crippen LogP contribution is -2.60. The van der Waals surface area contributed by atoms with Gasteiger partial charge in [0.1, 0.15) is 5.75 Å². The Labute approximate surface area is 191 Å². The number of methoxy groups -OCH3 is 2. The first-order chi connectivity index (χ1) is 14.9. The highest BCUT2D eigenvalue weighted by molar-refractivity contribution is 7.80. The molecule has 0 radical (unpaired) electrons. The monoisotopic (exact) mass is 448 g/mol. The number of nitrogens with zero attached hydrogens (tertiary/aromatic N) is 2. The second kappa shape index (κ2) is 10.6. The second-order valence-corrected chi connectivity index (χ2v) is 8.91. The number of carbonyl (C=O) groups excluding carboxylic acids is 1. The number of ether oxygens (including phenoxy) is 2. The predicted octanol–water partition coefficient (Wildman–Crippen LogP) is 3.07. The Morgan fingerprint density at radius 2 is 1.97 bits per heavy atom. The Morgan fingerprint density at radius 1 is 1.29 bits per heavy atom. The number of anilines is 1. The zero-order valence-corrected chi connectivity index (χ0v) is 20.0. The Balaban J connectivity index is 1.64. The maximum absolute atomic E-state index is 13.2. The molecule has 7 nitrogen and oxygen atoms in total. The molecule has 1 aromatic rings. The summed E-state index contributed by atoms with van der Waals surface area (Å²) in [6, 6.07) is 7.64. The van der Waals surface area contributed by atoms with Crippen molar-refractivity contribution < 1.29 is 14.3 Å². The molecule has 2 aliphatic rings. The molecule has 1 amide bonds. The third kappa shape index (κ3) is 5.30. The second-order valence-electron chi connectivity index (χ2n) is 8.52. The summed E-state index contributed by atoms with van der Waals surface area (Å²) in [5.41, 5.74) is 0.656. The molecule has 2 saturated heterocycles. The molecule has 31 heavy (non-hydrogen) atoms. The number of likely N-dealkylation sites (tertiary alicyclic amines) is 1. The van der Waals surface area contributed by atoms with Gasteiger partial charge in [0, 0.05) is 51.9 Å². The molecule has 8 heteroatoms. The van der Waals surface area contributed by atoms with E-state index in [9.17, 15) is 4.79 Å². The molecule has 172 valence electrons. The van der Waals surface area contributed by atoms with Crippen LogP contribution in [0.15, 0.2) is 24.3 Å². The number of hydrogen-bond donors (Lipinski definition) is 2. The van der Waals surface area contributed by atoms with Gasteiger partial charge in [-0.1, -0.05) is 20.3 Å². The summed E-state index contributed by atoms with van der Waals surface area (Å²) in [7, 11) is 3.36. The van der Waals surface area contributed by atoms with Gasteiger partial charge in [-0.15, -0.1) is 0 Å². The molecule has 1 spiro atoms. The standard InChI is InChI=1S/C23H36N4O3S/c1-5-17(2)20-21(28)27(13-6-16-29-3)23(25-20)11-14-26(15-12-23)22(31)24-18-7-9-19(30-4)10-8-18/h7-10,17,20,25H,5-6,11-16H2,1-4H3,(H,24,31). The van der Waals surface area contributed by atoms with Crippen LogP contribution in [0.25, 0.3) is 0 Å². The highest BCUT2D eigenvalue weighted by atomic mass is 32.1. The van der Waals surface area contributed by atoms with Gasteiger partial charge in [-0.2, -0.15) is 0 Å². The number of thiocarbonyl (C=S) groups is 1. The van der Waals surface area contributed by atoms with Gasteiger partial charge in [-0.05, 0) is 48.8 Å². The number of rotatable bonds is 8. The first-order valence-electron chi connectivity index (χ1n) is 11.2. The lowest BCUT2D eigenvalue weighted by atomic mass is 9.95. The summed E-state index contributed by atoms with van der Waals surface area (Å²) < 4.78 is 10.4. The summed E-state index contributed by atoms with van der Waals surface area (Å²) in [5, 5.41) is 7.78. The minimum absolute atomic E-state index is 0.108. The van der Waals surface area contributed by atoms with Crippen LogP contribution in [-0.2, 0) is 9.53 Å². The lowest BCUT2D eigenvalue weighted by Gasteiger charge is -2.45. The SMILES string of the molecule is CCC(C)C1NC2(CCN(C(=S)Nc3ccc(OC)cc3)CC2)N(CCCOC)C1=O. The quantitative estimate of drug-likeness (QED) is 0.468. The molecule has 2 atom stereocenters. The van der Waals surface area contributed by atoms with Crippen LogP contribution in [0.2, 0.25) is 0 Å². The fourth-order valence-electron chi connectivity index (χ4n) is 4.49. The molecule has 2 N–H and O–H groups in total. The van der Waals surface area contributed by atoms with Crippen LogP contribution in [0.5, 0.6) is 5.75 Å². The molecule has 2 fully saturated rings. The third-order valence-corrected chi connectivity index (χ3v) is 7.00. The van der Waals surface area contributed by atoms with E-state index in [2.05, 4.69) is 34.3 Å². The summed E-state index contributed by atoms with van der Waals surface area (Å²) in [6.45, 7) is 7.29. The van der Waals surface area contributed by atoms with Crippen LogP contribution in [0.3, 0.4) is 0 Å². The summed E-state index contributed by atoms with van der Waals surface area (Å²) in [6.07, 6.45) is 3.53. The first kappa shape index (κ1) is 23.8. The van der Waals surface area contributed by atoms with Gasteiger partial charge >= 0.3 is 0 Å². The highest BCUT2D eigenvalue weighted by Gasteiger charge is 2.52. The van der Waals surface area contributed by atoms with E-state index in [1.807, 2.05) is 24.3 Å². The molecule has 2 aliphatic heterocycles. The van der Waals surface area contributed by atoms with Crippen molar-refractivity contribution in [3.05, 3.63) is 24.3 Å². The number of piperidine rings is 1. The zero-order chi connectivity index (χ0) is 22.4. The maximum atomic E-state index is 13.2. The molecule has 2 heterocycles. The molecular formula is C23H36N4O3S. The van der Waals surface area contributed by atoms with Gasteiger partial charge in [-0.25, -0.2) is 0 Å². The minimum atomic E-state index is -0.287. The van der Waals surface area contributed by atoms with E-state index in [1.54, 1.807) is 14.2 Å². The van der Waals surface area contributed by atoms with Gasteiger partial charge in [0.05, 0.1) is 18.8 Å². The number of benzene rings is 1. The topological polar surface area (TPSA) is 66.1 Å². The smallest absolute Gasteiger partial charge is 0.241 e. The van der Waals surface area contributed by atoms with Gasteiger partial charge in [0.15, 0.2) is 5.11 Å². The first-order valence-corrected chi connectivity index (χ1v) is 11.6. The maximum Gasteiger partial charge on any atom is 0.241 e. The van der Waals surface area contributed by atoms with E-state index in [0.717, 1.165) is 56.8 Å². The number of carbonyl (C=O) groups is 1. The van der Waals surface area contributed by atoms with Gasteiger partial charge in [-0.3, -0.25) is 10.1 Å². The third-order valence-electron chi connectivity index (χ3n) is 6.64. The fraction of sp³-hybridized carbons (Fsp3) is 0.652. The van der Waals surface area contributed by atoms with Crippen LogP contribution in [0.4, 0.5) is 5.69 Å². The molecule has 0 aliphatic carbocycles. The minimum Gasteiger partial charge on any atom is -0.497 e. The molecule has 1 aromatic carbocycles.